The van der Waals surface area contributed by atoms with Crippen LogP contribution in [-0.2, 0) is 0 Å². The molecule has 0 saturated heterocycles. The van der Waals surface area contributed by atoms with Gasteiger partial charge in [0.2, 0.25) is 5.88 Å². The largest absolute Gasteiger partial charge is 0.476 e. The second-order valence-corrected chi connectivity index (χ2v) is 5.24. The number of thiophene rings is 2. The molecule has 0 fully saturated rings. The third kappa shape index (κ3) is 1.92. The zero-order valence-electron chi connectivity index (χ0n) is 9.21. The lowest BCUT2D eigenvalue weighted by molar-refractivity contribution is 0.328. The van der Waals surface area contributed by atoms with E-state index < -0.39 is 0 Å². The Kier molecular flexibility index (Phi) is 2.78. The van der Waals surface area contributed by atoms with Crippen molar-refractivity contribution in [2.75, 3.05) is 6.61 Å². The fourth-order valence-corrected chi connectivity index (χ4v) is 2.99. The molecule has 0 unspecified atom stereocenters. The minimum Gasteiger partial charge on any atom is -0.476 e. The zero-order valence-corrected chi connectivity index (χ0v) is 10.8. The summed E-state index contributed by atoms with van der Waals surface area (Å²) < 4.78 is 5.58. The quantitative estimate of drug-likeness (QED) is 0.719. The maximum absolute atomic E-state index is 5.58. The Hall–Kier alpha value is -1.46. The number of rotatable bonds is 3. The third-order valence-corrected chi connectivity index (χ3v) is 3.97. The molecule has 0 aliphatic heterocycles. The van der Waals surface area contributed by atoms with Crippen molar-refractivity contribution in [3.05, 3.63) is 29.0 Å². The van der Waals surface area contributed by atoms with Crippen molar-refractivity contribution in [2.24, 2.45) is 0 Å². The molecule has 3 nitrogen and oxygen atoms in total. The molecule has 86 valence electrons. The molecule has 0 aromatic carbocycles. The van der Waals surface area contributed by atoms with E-state index in [1.165, 1.54) is 0 Å². The maximum atomic E-state index is 5.58. The van der Waals surface area contributed by atoms with Gasteiger partial charge < -0.3 is 4.74 Å². The van der Waals surface area contributed by atoms with Gasteiger partial charge in [-0.3, -0.25) is 0 Å². The second-order valence-electron chi connectivity index (χ2n) is 3.40. The van der Waals surface area contributed by atoms with Gasteiger partial charge in [0, 0.05) is 0 Å². The summed E-state index contributed by atoms with van der Waals surface area (Å²) in [5.41, 5.74) is 1.77. The van der Waals surface area contributed by atoms with Crippen molar-refractivity contribution >= 4 is 33.0 Å². The lowest BCUT2D eigenvalue weighted by Crippen LogP contribution is -1.98. The molecular formula is C12H10N2OS2. The fraction of sp³-hybridized carbons (Fsp3) is 0.167. The number of fused-ring (bicyclic) bond motifs is 1. The summed E-state index contributed by atoms with van der Waals surface area (Å²) in [7, 11) is 0. The summed E-state index contributed by atoms with van der Waals surface area (Å²) in [6.45, 7) is 2.56. The Balaban J connectivity index is 2.22. The Morgan fingerprint density at radius 3 is 2.88 bits per heavy atom. The van der Waals surface area contributed by atoms with Gasteiger partial charge in [-0.15, -0.1) is 22.7 Å². The number of aromatic nitrogens is 2. The molecule has 0 N–H and O–H groups in total. The summed E-state index contributed by atoms with van der Waals surface area (Å²) in [6, 6.07) is 6.03. The normalized spacial score (nSPS) is 10.9. The lowest BCUT2D eigenvalue weighted by atomic mass is 10.3. The van der Waals surface area contributed by atoms with E-state index in [4.69, 9.17) is 4.74 Å². The van der Waals surface area contributed by atoms with Gasteiger partial charge >= 0.3 is 0 Å². The Morgan fingerprint density at radius 1 is 1.18 bits per heavy atom. The molecule has 0 spiro atoms. The number of nitrogens with zero attached hydrogens (tertiary/aromatic N) is 2. The average Bonchev–Trinajstić information content (AvgIpc) is 2.98. The van der Waals surface area contributed by atoms with Crippen LogP contribution in [0.3, 0.4) is 0 Å². The van der Waals surface area contributed by atoms with Crippen LogP contribution in [0.15, 0.2) is 29.0 Å². The highest BCUT2D eigenvalue weighted by molar-refractivity contribution is 7.16. The molecule has 0 bridgehead atoms. The summed E-state index contributed by atoms with van der Waals surface area (Å²) in [6.07, 6.45) is 0. The topological polar surface area (TPSA) is 35.0 Å². The van der Waals surface area contributed by atoms with Crippen LogP contribution >= 0.6 is 22.7 Å². The monoisotopic (exact) mass is 262 g/mol. The zero-order chi connectivity index (χ0) is 11.7. The number of ether oxygens (including phenoxy) is 1. The molecular weight excluding hydrogens is 252 g/mol. The highest BCUT2D eigenvalue weighted by atomic mass is 32.1. The van der Waals surface area contributed by atoms with Crippen molar-refractivity contribution in [3.63, 3.8) is 0 Å². The van der Waals surface area contributed by atoms with Crippen LogP contribution in [0.5, 0.6) is 5.88 Å². The molecule has 0 atom stereocenters. The minimum absolute atomic E-state index is 0.601. The van der Waals surface area contributed by atoms with Crippen molar-refractivity contribution < 1.29 is 4.74 Å². The molecule has 0 aliphatic rings. The smallest absolute Gasteiger partial charge is 0.242 e. The van der Waals surface area contributed by atoms with Crippen LogP contribution in [0.2, 0.25) is 0 Å². The maximum Gasteiger partial charge on any atom is 0.242 e. The van der Waals surface area contributed by atoms with Crippen LogP contribution in [0, 0.1) is 0 Å². The van der Waals surface area contributed by atoms with E-state index in [0.29, 0.717) is 12.5 Å². The highest BCUT2D eigenvalue weighted by Crippen LogP contribution is 2.32. The summed E-state index contributed by atoms with van der Waals surface area (Å²) in [4.78, 5) is 11.2. The molecule has 0 radical (unpaired) electrons. The molecule has 3 aromatic rings. The van der Waals surface area contributed by atoms with Crippen molar-refractivity contribution in [2.45, 2.75) is 6.92 Å². The van der Waals surface area contributed by atoms with E-state index in [-0.39, 0.29) is 0 Å². The van der Waals surface area contributed by atoms with Gasteiger partial charge in [-0.25, -0.2) is 4.98 Å². The van der Waals surface area contributed by atoms with Crippen molar-refractivity contribution in [1.29, 1.82) is 0 Å². The van der Waals surface area contributed by atoms with E-state index in [9.17, 15) is 0 Å². The van der Waals surface area contributed by atoms with Gasteiger partial charge in [0.1, 0.15) is 16.0 Å². The minimum atomic E-state index is 0.601. The number of hydrogen-bond acceptors (Lipinski definition) is 5. The van der Waals surface area contributed by atoms with Gasteiger partial charge in [0.05, 0.1) is 11.5 Å². The van der Waals surface area contributed by atoms with Crippen LogP contribution < -0.4 is 4.74 Å². The first-order valence-corrected chi connectivity index (χ1v) is 7.06. The number of hydrogen-bond donors (Lipinski definition) is 0. The standard InChI is InChI=1S/C12H10N2OS2/c1-2-15-11-10(9-4-3-6-16-9)13-8-5-7-17-12(8)14-11/h3-7H,2H2,1H3. The predicted octanol–water partition coefficient (Wildman–Crippen LogP) is 3.82. The summed E-state index contributed by atoms with van der Waals surface area (Å²) in [5.74, 6) is 0.630. The molecule has 0 saturated carbocycles. The van der Waals surface area contributed by atoms with Crippen LogP contribution in [0.4, 0.5) is 0 Å². The summed E-state index contributed by atoms with van der Waals surface area (Å²) >= 11 is 3.23. The summed E-state index contributed by atoms with van der Waals surface area (Å²) in [5, 5.41) is 4.03. The van der Waals surface area contributed by atoms with Gasteiger partial charge in [0.25, 0.3) is 0 Å². The first kappa shape index (κ1) is 10.7. The van der Waals surface area contributed by atoms with E-state index >= 15 is 0 Å². The molecule has 0 amide bonds. The molecule has 3 rings (SSSR count). The van der Waals surface area contributed by atoms with Gasteiger partial charge in [-0.05, 0) is 29.8 Å². The van der Waals surface area contributed by atoms with E-state index in [1.807, 2.05) is 35.9 Å². The average molecular weight is 262 g/mol. The molecule has 0 aliphatic carbocycles. The fourth-order valence-electron chi connectivity index (χ4n) is 1.59. The van der Waals surface area contributed by atoms with Crippen molar-refractivity contribution in [1.82, 2.24) is 9.97 Å². The lowest BCUT2D eigenvalue weighted by Gasteiger charge is -2.06. The first-order valence-electron chi connectivity index (χ1n) is 5.30. The van der Waals surface area contributed by atoms with Crippen LogP contribution in [-0.4, -0.2) is 16.6 Å². The SMILES string of the molecule is CCOc1nc2sccc2nc1-c1cccs1. The van der Waals surface area contributed by atoms with Crippen LogP contribution in [0.25, 0.3) is 20.9 Å². The van der Waals surface area contributed by atoms with Crippen LogP contribution in [0.1, 0.15) is 6.92 Å². The van der Waals surface area contributed by atoms with Gasteiger partial charge in [0.15, 0.2) is 0 Å². The third-order valence-electron chi connectivity index (χ3n) is 2.30. The van der Waals surface area contributed by atoms with E-state index in [2.05, 4.69) is 9.97 Å². The van der Waals surface area contributed by atoms with Crippen molar-refractivity contribution in [3.8, 4) is 16.5 Å². The Morgan fingerprint density at radius 2 is 2.12 bits per heavy atom. The first-order chi connectivity index (χ1) is 8.38. The molecule has 3 heterocycles. The highest BCUT2D eigenvalue weighted by Gasteiger charge is 2.13. The Labute approximate surface area is 107 Å². The molecule has 17 heavy (non-hydrogen) atoms. The second kappa shape index (κ2) is 4.43. The van der Waals surface area contributed by atoms with Gasteiger partial charge in [-0.2, -0.15) is 4.98 Å². The van der Waals surface area contributed by atoms with E-state index in [0.717, 1.165) is 20.9 Å². The van der Waals surface area contributed by atoms with Gasteiger partial charge in [-0.1, -0.05) is 6.07 Å². The molecule has 5 heteroatoms. The molecule has 3 aromatic heterocycles. The predicted molar refractivity (Wildman–Crippen MR) is 71.9 cm³/mol. The van der Waals surface area contributed by atoms with E-state index in [1.54, 1.807) is 22.7 Å². The Bertz CT molecular complexity index is 631.